The molecule has 1 amide bonds. The van der Waals surface area contributed by atoms with Crippen LogP contribution in [0.1, 0.15) is 12.8 Å². The van der Waals surface area contributed by atoms with E-state index >= 15 is 0 Å². The second-order valence-electron chi connectivity index (χ2n) is 2.42. The van der Waals surface area contributed by atoms with E-state index < -0.39 is 0 Å². The fourth-order valence-electron chi connectivity index (χ4n) is 1.07. The van der Waals surface area contributed by atoms with E-state index in [0.717, 1.165) is 18.6 Å². The fraction of sp³-hybridized carbons (Fsp3) is 0.833. The highest BCUT2D eigenvalue weighted by Gasteiger charge is 2.19. The van der Waals surface area contributed by atoms with Crippen LogP contribution in [0, 0.1) is 5.92 Å². The van der Waals surface area contributed by atoms with Crippen molar-refractivity contribution < 1.29 is 4.79 Å². The van der Waals surface area contributed by atoms with E-state index in [4.69, 9.17) is 5.84 Å². The van der Waals surface area contributed by atoms with Crippen molar-refractivity contribution in [2.24, 2.45) is 11.8 Å². The van der Waals surface area contributed by atoms with Gasteiger partial charge in [-0.2, -0.15) is 11.8 Å². The van der Waals surface area contributed by atoms with Gasteiger partial charge in [-0.25, -0.2) is 5.84 Å². The zero-order valence-corrected chi connectivity index (χ0v) is 6.62. The third-order valence-electron chi connectivity index (χ3n) is 1.67. The minimum Gasteiger partial charge on any atom is -0.294 e. The number of hydrazine groups is 1. The Morgan fingerprint density at radius 2 is 2.50 bits per heavy atom. The number of hydrogen-bond acceptors (Lipinski definition) is 3. The Morgan fingerprint density at radius 3 is 3.00 bits per heavy atom. The number of thioether (sulfide) groups is 1. The largest absolute Gasteiger partial charge is 0.294 e. The maximum absolute atomic E-state index is 10.9. The van der Waals surface area contributed by atoms with Gasteiger partial charge in [-0.3, -0.25) is 10.2 Å². The van der Waals surface area contributed by atoms with Gasteiger partial charge in [0.1, 0.15) is 0 Å². The molecule has 0 aromatic heterocycles. The lowest BCUT2D eigenvalue weighted by molar-refractivity contribution is -0.124. The molecule has 1 rings (SSSR count). The minimum absolute atomic E-state index is 0.00722. The molecule has 0 aliphatic carbocycles. The lowest BCUT2D eigenvalue weighted by Crippen LogP contribution is -2.37. The van der Waals surface area contributed by atoms with Crippen LogP contribution in [0.4, 0.5) is 0 Å². The number of nitrogens with two attached hydrogens (primary N) is 1. The van der Waals surface area contributed by atoms with Gasteiger partial charge in [0.25, 0.3) is 0 Å². The summed E-state index contributed by atoms with van der Waals surface area (Å²) in [5.41, 5.74) is 2.18. The van der Waals surface area contributed by atoms with Crippen LogP contribution < -0.4 is 11.3 Å². The van der Waals surface area contributed by atoms with Crippen molar-refractivity contribution in [2.45, 2.75) is 12.8 Å². The molecule has 58 valence electrons. The molecule has 0 bridgehead atoms. The Labute approximate surface area is 64.7 Å². The van der Waals surface area contributed by atoms with Crippen molar-refractivity contribution in [3.8, 4) is 0 Å². The number of amides is 1. The number of nitrogens with one attached hydrogen (secondary N) is 1. The summed E-state index contributed by atoms with van der Waals surface area (Å²) in [6.45, 7) is 0. The first-order valence-corrected chi connectivity index (χ1v) is 4.58. The highest BCUT2D eigenvalue weighted by Crippen LogP contribution is 2.22. The zero-order chi connectivity index (χ0) is 7.40. The van der Waals surface area contributed by atoms with E-state index in [0.29, 0.717) is 0 Å². The summed E-state index contributed by atoms with van der Waals surface area (Å²) in [5.74, 6) is 7.27. The van der Waals surface area contributed by atoms with Gasteiger partial charge in [0.2, 0.25) is 5.91 Å². The SMILES string of the molecule is NNC(=O)C1CCCSC1. The topological polar surface area (TPSA) is 55.1 Å². The van der Waals surface area contributed by atoms with Crippen LogP contribution in [-0.4, -0.2) is 17.4 Å². The van der Waals surface area contributed by atoms with Crippen molar-refractivity contribution in [3.63, 3.8) is 0 Å². The summed E-state index contributed by atoms with van der Waals surface area (Å²) >= 11 is 1.83. The summed E-state index contributed by atoms with van der Waals surface area (Å²) in [7, 11) is 0. The summed E-state index contributed by atoms with van der Waals surface area (Å²) in [5, 5.41) is 0. The van der Waals surface area contributed by atoms with Gasteiger partial charge in [-0.1, -0.05) is 0 Å². The van der Waals surface area contributed by atoms with Crippen molar-refractivity contribution in [1.82, 2.24) is 5.43 Å². The fourth-order valence-corrected chi connectivity index (χ4v) is 2.21. The van der Waals surface area contributed by atoms with E-state index in [1.807, 2.05) is 11.8 Å². The molecule has 3 N–H and O–H groups in total. The molecule has 1 atom stereocenters. The van der Waals surface area contributed by atoms with Crippen molar-refractivity contribution in [1.29, 1.82) is 0 Å². The molecular formula is C6H12N2OS. The molecular weight excluding hydrogens is 148 g/mol. The van der Waals surface area contributed by atoms with Crippen molar-refractivity contribution in [2.75, 3.05) is 11.5 Å². The predicted molar refractivity (Wildman–Crippen MR) is 42.4 cm³/mol. The minimum atomic E-state index is -0.00722. The molecule has 0 saturated carbocycles. The van der Waals surface area contributed by atoms with Crippen LogP contribution in [-0.2, 0) is 4.79 Å². The molecule has 10 heavy (non-hydrogen) atoms. The smallest absolute Gasteiger partial charge is 0.237 e. The third kappa shape index (κ3) is 1.88. The van der Waals surface area contributed by atoms with Gasteiger partial charge in [0, 0.05) is 11.7 Å². The Bertz CT molecular complexity index is 123. The van der Waals surface area contributed by atoms with Crippen molar-refractivity contribution >= 4 is 17.7 Å². The van der Waals surface area contributed by atoms with Crippen LogP contribution in [0.25, 0.3) is 0 Å². The number of carbonyl (C=O) groups excluding carboxylic acids is 1. The zero-order valence-electron chi connectivity index (χ0n) is 5.80. The Balaban J connectivity index is 2.31. The molecule has 1 aliphatic rings. The highest BCUT2D eigenvalue weighted by atomic mass is 32.2. The Kier molecular flexibility index (Phi) is 3.02. The number of carbonyl (C=O) groups is 1. The highest BCUT2D eigenvalue weighted by molar-refractivity contribution is 7.99. The first kappa shape index (κ1) is 7.88. The van der Waals surface area contributed by atoms with Gasteiger partial charge >= 0.3 is 0 Å². The molecule has 1 saturated heterocycles. The van der Waals surface area contributed by atoms with Gasteiger partial charge in [-0.05, 0) is 18.6 Å². The first-order chi connectivity index (χ1) is 4.84. The number of hydrogen-bond donors (Lipinski definition) is 2. The molecule has 0 radical (unpaired) electrons. The van der Waals surface area contributed by atoms with E-state index in [1.165, 1.54) is 5.75 Å². The van der Waals surface area contributed by atoms with Crippen LogP contribution in [0.2, 0.25) is 0 Å². The Hall–Kier alpha value is -0.220. The van der Waals surface area contributed by atoms with Gasteiger partial charge in [0.15, 0.2) is 0 Å². The maximum Gasteiger partial charge on any atom is 0.237 e. The van der Waals surface area contributed by atoms with Gasteiger partial charge < -0.3 is 0 Å². The van der Waals surface area contributed by atoms with E-state index in [-0.39, 0.29) is 11.8 Å². The van der Waals surface area contributed by atoms with E-state index in [2.05, 4.69) is 5.43 Å². The summed E-state index contributed by atoms with van der Waals surface area (Å²) in [6, 6.07) is 0. The molecule has 1 heterocycles. The summed E-state index contributed by atoms with van der Waals surface area (Å²) in [6.07, 6.45) is 2.14. The lowest BCUT2D eigenvalue weighted by Gasteiger charge is -2.18. The van der Waals surface area contributed by atoms with Crippen LogP contribution >= 0.6 is 11.8 Å². The molecule has 4 heteroatoms. The van der Waals surface area contributed by atoms with Crippen LogP contribution in [0.3, 0.4) is 0 Å². The molecule has 1 aliphatic heterocycles. The Morgan fingerprint density at radius 1 is 1.70 bits per heavy atom. The van der Waals surface area contributed by atoms with Crippen LogP contribution in [0.5, 0.6) is 0 Å². The standard InChI is InChI=1S/C6H12N2OS/c7-8-6(9)5-2-1-3-10-4-5/h5H,1-4,7H2,(H,8,9). The third-order valence-corrected chi connectivity index (χ3v) is 2.89. The van der Waals surface area contributed by atoms with Crippen LogP contribution in [0.15, 0.2) is 0 Å². The number of rotatable bonds is 1. The monoisotopic (exact) mass is 160 g/mol. The molecule has 3 nitrogen and oxygen atoms in total. The van der Waals surface area contributed by atoms with Gasteiger partial charge in [0.05, 0.1) is 0 Å². The van der Waals surface area contributed by atoms with E-state index in [9.17, 15) is 4.79 Å². The summed E-state index contributed by atoms with van der Waals surface area (Å²) < 4.78 is 0. The quantitative estimate of drug-likeness (QED) is 0.325. The van der Waals surface area contributed by atoms with Crippen molar-refractivity contribution in [3.05, 3.63) is 0 Å². The molecule has 1 fully saturated rings. The van der Waals surface area contributed by atoms with Gasteiger partial charge in [-0.15, -0.1) is 0 Å². The first-order valence-electron chi connectivity index (χ1n) is 3.43. The second kappa shape index (κ2) is 3.83. The predicted octanol–water partition coefficient (Wildman–Crippen LogP) is 0.119. The second-order valence-corrected chi connectivity index (χ2v) is 3.57. The lowest BCUT2D eigenvalue weighted by atomic mass is 10.1. The molecule has 0 aromatic carbocycles. The molecule has 0 aromatic rings. The maximum atomic E-state index is 10.9. The van der Waals surface area contributed by atoms with E-state index in [1.54, 1.807) is 0 Å². The average molecular weight is 160 g/mol. The molecule has 1 unspecified atom stereocenters. The normalized spacial score (nSPS) is 25.9. The average Bonchev–Trinajstić information content (AvgIpc) is 2.05. The molecule has 0 spiro atoms. The summed E-state index contributed by atoms with van der Waals surface area (Å²) in [4.78, 5) is 10.9.